The highest BCUT2D eigenvalue weighted by Crippen LogP contribution is 2.13. The van der Waals surface area contributed by atoms with Crippen LogP contribution in [-0.2, 0) is 6.42 Å². The van der Waals surface area contributed by atoms with Crippen molar-refractivity contribution in [3.05, 3.63) is 95.6 Å². The molecule has 0 radical (unpaired) electrons. The molecule has 0 heterocycles. The number of hydrogen-bond donors (Lipinski definition) is 0. The van der Waals surface area contributed by atoms with Crippen LogP contribution < -0.4 is 10.4 Å². The number of ketones is 1. The molecule has 0 atom stereocenters. The second-order valence-electron chi connectivity index (χ2n) is 6.95. The van der Waals surface area contributed by atoms with Crippen LogP contribution in [0.2, 0.25) is 13.1 Å². The zero-order chi connectivity index (χ0) is 17.9. The molecule has 0 saturated heterocycles. The van der Waals surface area contributed by atoms with Gasteiger partial charge in [0.2, 0.25) is 0 Å². The summed E-state index contributed by atoms with van der Waals surface area (Å²) in [6.45, 7) is 6.81. The first-order valence-corrected chi connectivity index (χ1v) is 11.8. The molecule has 0 fully saturated rings. The molecular weight excluding hydrogens is 320 g/mol. The van der Waals surface area contributed by atoms with Gasteiger partial charge in [0.1, 0.15) is 8.07 Å². The third-order valence-electron chi connectivity index (χ3n) is 4.96. The number of aryl methyl sites for hydroxylation is 1. The maximum absolute atomic E-state index is 12.8. The molecule has 3 aromatic carbocycles. The van der Waals surface area contributed by atoms with Crippen molar-refractivity contribution in [2.75, 3.05) is 0 Å². The summed E-state index contributed by atoms with van der Waals surface area (Å²) < 4.78 is 0. The van der Waals surface area contributed by atoms with Crippen molar-refractivity contribution in [3.63, 3.8) is 0 Å². The fraction of sp³-hybridized carbons (Fsp3) is 0.174. The normalized spacial score (nSPS) is 11.3. The molecule has 0 bridgehead atoms. The summed E-state index contributed by atoms with van der Waals surface area (Å²) in [7, 11) is -1.72. The van der Waals surface area contributed by atoms with Crippen LogP contribution in [0.4, 0.5) is 0 Å². The van der Waals surface area contributed by atoms with E-state index in [9.17, 15) is 4.79 Å². The van der Waals surface area contributed by atoms with Gasteiger partial charge in [-0.25, -0.2) is 0 Å². The lowest BCUT2D eigenvalue weighted by atomic mass is 10.0. The van der Waals surface area contributed by atoms with Crippen molar-refractivity contribution < 1.29 is 4.79 Å². The average Bonchev–Trinajstić information content (AvgIpc) is 2.68. The summed E-state index contributed by atoms with van der Waals surface area (Å²) in [5, 5.41) is 2.75. The van der Waals surface area contributed by atoms with Gasteiger partial charge in [0.15, 0.2) is 5.78 Å². The molecule has 126 valence electrons. The van der Waals surface area contributed by atoms with Gasteiger partial charge in [-0.05, 0) is 18.1 Å². The van der Waals surface area contributed by atoms with Crippen molar-refractivity contribution in [2.45, 2.75) is 26.4 Å². The number of rotatable bonds is 5. The summed E-state index contributed by atoms with van der Waals surface area (Å²) in [4.78, 5) is 12.8. The van der Waals surface area contributed by atoms with Crippen LogP contribution in [0.1, 0.15) is 28.4 Å². The van der Waals surface area contributed by atoms with Gasteiger partial charge in [-0.2, -0.15) is 0 Å². The van der Waals surface area contributed by atoms with Crippen molar-refractivity contribution in [2.24, 2.45) is 0 Å². The molecule has 0 saturated carbocycles. The molecule has 0 unspecified atom stereocenters. The van der Waals surface area contributed by atoms with Crippen molar-refractivity contribution in [3.8, 4) is 0 Å². The summed E-state index contributed by atoms with van der Waals surface area (Å²) in [6, 6.07) is 26.8. The van der Waals surface area contributed by atoms with Gasteiger partial charge in [-0.3, -0.25) is 4.79 Å². The Balaban J connectivity index is 1.88. The van der Waals surface area contributed by atoms with E-state index in [1.54, 1.807) is 0 Å². The second kappa shape index (κ2) is 7.20. The lowest BCUT2D eigenvalue weighted by Gasteiger charge is -2.23. The predicted molar refractivity (Wildman–Crippen MR) is 109 cm³/mol. The Hall–Kier alpha value is -2.45. The van der Waals surface area contributed by atoms with E-state index < -0.39 is 8.07 Å². The highest BCUT2D eigenvalue weighted by molar-refractivity contribution is 7.00. The van der Waals surface area contributed by atoms with E-state index in [4.69, 9.17) is 0 Å². The Morgan fingerprint density at radius 3 is 2.04 bits per heavy atom. The molecule has 0 aliphatic heterocycles. The van der Waals surface area contributed by atoms with Gasteiger partial charge in [0.05, 0.1) is 0 Å². The average molecular weight is 345 g/mol. The van der Waals surface area contributed by atoms with E-state index >= 15 is 0 Å². The van der Waals surface area contributed by atoms with Gasteiger partial charge in [-0.15, -0.1) is 0 Å². The second-order valence-corrected chi connectivity index (χ2v) is 11.4. The standard InChI is InChI=1S/C23H24OSi/c1-4-18-9-8-10-20(17-18)23(24)19-13-15-22(16-14-19)25(2,3)21-11-6-5-7-12-21/h5-17H,4H2,1-3H3. The molecule has 0 aliphatic rings. The minimum atomic E-state index is -1.72. The Morgan fingerprint density at radius 1 is 0.760 bits per heavy atom. The van der Waals surface area contributed by atoms with Crippen LogP contribution in [0, 0.1) is 0 Å². The Bertz CT molecular complexity index is 864. The van der Waals surface area contributed by atoms with Gasteiger partial charge in [-0.1, -0.05) is 103 Å². The van der Waals surface area contributed by atoms with Gasteiger partial charge in [0.25, 0.3) is 0 Å². The molecule has 0 spiro atoms. The lowest BCUT2D eigenvalue weighted by molar-refractivity contribution is 0.103. The minimum Gasteiger partial charge on any atom is -0.289 e. The molecule has 0 aromatic heterocycles. The van der Waals surface area contributed by atoms with Crippen LogP contribution in [0.15, 0.2) is 78.9 Å². The smallest absolute Gasteiger partial charge is 0.193 e. The van der Waals surface area contributed by atoms with Crippen molar-refractivity contribution in [1.29, 1.82) is 0 Å². The SMILES string of the molecule is CCc1cccc(C(=O)c2ccc([Si](C)(C)c3ccccc3)cc2)c1. The molecule has 3 aromatic rings. The largest absolute Gasteiger partial charge is 0.289 e. The molecule has 1 nitrogen and oxygen atoms in total. The number of hydrogen-bond acceptors (Lipinski definition) is 1. The minimum absolute atomic E-state index is 0.0982. The van der Waals surface area contributed by atoms with Gasteiger partial charge < -0.3 is 0 Å². The first kappa shape index (κ1) is 17.4. The zero-order valence-corrected chi connectivity index (χ0v) is 16.1. The van der Waals surface area contributed by atoms with Crippen molar-refractivity contribution >= 4 is 24.2 Å². The maximum Gasteiger partial charge on any atom is 0.193 e. The number of carbonyl (C=O) groups is 1. The molecular formula is C23H24OSi. The quantitative estimate of drug-likeness (QED) is 0.498. The Kier molecular flexibility index (Phi) is 5.00. The number of carbonyl (C=O) groups excluding carboxylic acids is 1. The summed E-state index contributed by atoms with van der Waals surface area (Å²) in [5.41, 5.74) is 2.72. The fourth-order valence-electron chi connectivity index (χ4n) is 3.16. The summed E-state index contributed by atoms with van der Waals surface area (Å²) in [5.74, 6) is 0.0982. The van der Waals surface area contributed by atoms with Crippen LogP contribution >= 0.6 is 0 Å². The molecule has 0 N–H and O–H groups in total. The Morgan fingerprint density at radius 2 is 1.40 bits per heavy atom. The maximum atomic E-state index is 12.8. The fourth-order valence-corrected chi connectivity index (χ4v) is 5.52. The lowest BCUT2D eigenvalue weighted by Crippen LogP contribution is -2.52. The van der Waals surface area contributed by atoms with Crippen LogP contribution in [0.25, 0.3) is 0 Å². The first-order chi connectivity index (χ1) is 12.0. The molecule has 3 rings (SSSR count). The summed E-state index contributed by atoms with van der Waals surface area (Å²) in [6.07, 6.45) is 0.941. The van der Waals surface area contributed by atoms with Crippen LogP contribution in [-0.4, -0.2) is 13.9 Å². The topological polar surface area (TPSA) is 17.1 Å². The van der Waals surface area contributed by atoms with E-state index in [0.29, 0.717) is 0 Å². The predicted octanol–water partition coefficient (Wildman–Crippen LogP) is 4.30. The first-order valence-electron chi connectivity index (χ1n) is 8.82. The molecule has 2 heteroatoms. The van der Waals surface area contributed by atoms with Crippen molar-refractivity contribution in [1.82, 2.24) is 0 Å². The van der Waals surface area contributed by atoms with E-state index in [0.717, 1.165) is 17.5 Å². The zero-order valence-electron chi connectivity index (χ0n) is 15.1. The summed E-state index contributed by atoms with van der Waals surface area (Å²) >= 11 is 0. The molecule has 25 heavy (non-hydrogen) atoms. The van der Waals surface area contributed by atoms with E-state index in [1.807, 2.05) is 30.3 Å². The van der Waals surface area contributed by atoms with Crippen LogP contribution in [0.5, 0.6) is 0 Å². The molecule has 0 aliphatic carbocycles. The molecule has 0 amide bonds. The van der Waals surface area contributed by atoms with E-state index in [2.05, 4.69) is 68.5 Å². The van der Waals surface area contributed by atoms with Crippen LogP contribution in [0.3, 0.4) is 0 Å². The third-order valence-corrected chi connectivity index (χ3v) is 8.52. The number of benzene rings is 3. The highest BCUT2D eigenvalue weighted by atomic mass is 28.3. The highest BCUT2D eigenvalue weighted by Gasteiger charge is 2.25. The van der Waals surface area contributed by atoms with E-state index in [1.165, 1.54) is 15.9 Å². The third kappa shape index (κ3) is 3.64. The Labute approximate surface area is 151 Å². The monoisotopic (exact) mass is 344 g/mol. The van der Waals surface area contributed by atoms with Gasteiger partial charge in [0, 0.05) is 11.1 Å². The van der Waals surface area contributed by atoms with Gasteiger partial charge >= 0.3 is 0 Å². The van der Waals surface area contributed by atoms with E-state index in [-0.39, 0.29) is 5.78 Å².